The minimum atomic E-state index is -0.995. The Bertz CT molecular complexity index is 887. The molecule has 1 unspecified atom stereocenters. The molecule has 0 bridgehead atoms. The fourth-order valence-electron chi connectivity index (χ4n) is 2.57. The lowest BCUT2D eigenvalue weighted by Gasteiger charge is -2.12. The lowest BCUT2D eigenvalue weighted by Crippen LogP contribution is -2.99. The summed E-state index contributed by atoms with van der Waals surface area (Å²) in [6.45, 7) is 0. The second-order valence-corrected chi connectivity index (χ2v) is 5.55. The van der Waals surface area contributed by atoms with Crippen molar-refractivity contribution in [1.29, 1.82) is 0 Å². The molecular weight excluding hydrogens is 314 g/mol. The number of benzene rings is 3. The van der Waals surface area contributed by atoms with E-state index in [9.17, 15) is 10.0 Å². The normalized spacial score (nSPS) is 12.6. The highest BCUT2D eigenvalue weighted by atomic mass is 16.8. The first-order chi connectivity index (χ1) is 12.1. The van der Waals surface area contributed by atoms with Crippen LogP contribution in [0, 0.1) is 5.21 Å². The number of hydrogen-bond acceptors (Lipinski definition) is 3. The Morgan fingerprint density at radius 3 is 2.04 bits per heavy atom. The van der Waals surface area contributed by atoms with Gasteiger partial charge >= 0.3 is 0 Å². The summed E-state index contributed by atoms with van der Waals surface area (Å²) in [5, 5.41) is 19.3. The summed E-state index contributed by atoms with van der Waals surface area (Å²) in [7, 11) is 0. The maximum atomic E-state index is 13.0. The van der Waals surface area contributed by atoms with Gasteiger partial charge in [-0.1, -0.05) is 72.8 Å². The van der Waals surface area contributed by atoms with Gasteiger partial charge in [0.2, 0.25) is 0 Å². The van der Waals surface area contributed by atoms with Crippen LogP contribution in [0.3, 0.4) is 0 Å². The number of quaternary nitrogens is 1. The van der Waals surface area contributed by atoms with Crippen LogP contribution in [0.1, 0.15) is 21.5 Å². The molecule has 3 rings (SSSR count). The number of rotatable bonds is 5. The van der Waals surface area contributed by atoms with E-state index < -0.39 is 5.23 Å². The zero-order valence-electron chi connectivity index (χ0n) is 13.4. The Balaban J connectivity index is 2.09. The summed E-state index contributed by atoms with van der Waals surface area (Å²) >= 11 is 0. The van der Waals surface area contributed by atoms with Gasteiger partial charge in [0.15, 0.2) is 11.5 Å². The smallest absolute Gasteiger partial charge is 0.193 e. The van der Waals surface area contributed by atoms with Crippen molar-refractivity contribution in [3.05, 3.63) is 107 Å². The highest BCUT2D eigenvalue weighted by molar-refractivity contribution is 6.32. The van der Waals surface area contributed by atoms with Crippen LogP contribution in [0.2, 0.25) is 0 Å². The summed E-state index contributed by atoms with van der Waals surface area (Å²) in [6, 6.07) is 25.0. The fourth-order valence-corrected chi connectivity index (χ4v) is 2.57. The largest absolute Gasteiger partial charge is 0.595 e. The van der Waals surface area contributed by atoms with Crippen molar-refractivity contribution in [3.8, 4) is 0 Å². The highest BCUT2D eigenvalue weighted by Gasteiger charge is 2.14. The van der Waals surface area contributed by atoms with E-state index in [0.717, 1.165) is 5.56 Å². The van der Waals surface area contributed by atoms with E-state index in [1.807, 2.05) is 48.5 Å². The number of carbonyl (C=O) groups is 1. The Morgan fingerprint density at radius 2 is 1.44 bits per heavy atom. The average Bonchev–Trinajstić information content (AvgIpc) is 2.67. The highest BCUT2D eigenvalue weighted by Crippen LogP contribution is 2.23. The Hall–Kier alpha value is -3.05. The predicted molar refractivity (Wildman–Crippen MR) is 97.3 cm³/mol. The molecule has 4 nitrogen and oxygen atoms in total. The topological polar surface area (TPSA) is 64.8 Å². The first kappa shape index (κ1) is 16.8. The molecule has 0 saturated heterocycles. The molecule has 1 atom stereocenters. The molecule has 25 heavy (non-hydrogen) atoms. The van der Waals surface area contributed by atoms with Crippen LogP contribution >= 0.6 is 0 Å². The van der Waals surface area contributed by atoms with Gasteiger partial charge < -0.3 is 5.21 Å². The molecule has 2 N–H and O–H groups in total. The zero-order valence-corrected chi connectivity index (χ0v) is 13.4. The van der Waals surface area contributed by atoms with Crippen LogP contribution in [0.5, 0.6) is 0 Å². The van der Waals surface area contributed by atoms with E-state index in [-0.39, 0.29) is 11.5 Å². The summed E-state index contributed by atoms with van der Waals surface area (Å²) in [5.41, 5.74) is 2.76. The molecule has 0 spiro atoms. The van der Waals surface area contributed by atoms with Crippen molar-refractivity contribution >= 4 is 23.1 Å². The van der Waals surface area contributed by atoms with Crippen LogP contribution in [-0.2, 0) is 0 Å². The van der Waals surface area contributed by atoms with Crippen LogP contribution in [0.15, 0.2) is 84.9 Å². The SMILES string of the molecule is O=C(/C(=C/c1cccc([NH+]([O-])O)c1)c1ccccc1)c1ccccc1. The number of nitrogens with one attached hydrogen (secondary N) is 1. The molecule has 0 aliphatic carbocycles. The van der Waals surface area contributed by atoms with Gasteiger partial charge in [-0.15, -0.1) is 0 Å². The third-order valence-corrected chi connectivity index (χ3v) is 3.81. The number of carbonyl (C=O) groups excluding carboxylic acids is 1. The van der Waals surface area contributed by atoms with Crippen molar-refractivity contribution < 1.29 is 15.2 Å². The maximum Gasteiger partial charge on any atom is 0.193 e. The molecular formula is C21H17NO3. The lowest BCUT2D eigenvalue weighted by molar-refractivity contribution is -0.991. The van der Waals surface area contributed by atoms with Crippen molar-refractivity contribution in [3.63, 3.8) is 0 Å². The van der Waals surface area contributed by atoms with E-state index in [0.29, 0.717) is 16.7 Å². The molecule has 4 heteroatoms. The van der Waals surface area contributed by atoms with E-state index in [4.69, 9.17) is 5.21 Å². The van der Waals surface area contributed by atoms with Crippen LogP contribution in [0.25, 0.3) is 11.6 Å². The van der Waals surface area contributed by atoms with E-state index in [2.05, 4.69) is 0 Å². The molecule has 0 aromatic heterocycles. The summed E-state index contributed by atoms with van der Waals surface area (Å²) < 4.78 is 0. The summed E-state index contributed by atoms with van der Waals surface area (Å²) in [4.78, 5) is 13.0. The molecule has 0 saturated carbocycles. The number of ketones is 1. The third-order valence-electron chi connectivity index (χ3n) is 3.81. The predicted octanol–water partition coefficient (Wildman–Crippen LogP) is 3.51. The molecule has 0 radical (unpaired) electrons. The molecule has 0 amide bonds. The van der Waals surface area contributed by atoms with Crippen molar-refractivity contribution in [2.75, 3.05) is 0 Å². The Labute approximate surface area is 145 Å². The third kappa shape index (κ3) is 4.08. The van der Waals surface area contributed by atoms with Gasteiger partial charge in [-0.3, -0.25) is 4.79 Å². The molecule has 0 aliphatic rings. The maximum absolute atomic E-state index is 13.0. The fraction of sp³-hybridized carbons (Fsp3) is 0. The monoisotopic (exact) mass is 331 g/mol. The van der Waals surface area contributed by atoms with Crippen LogP contribution < -0.4 is 5.23 Å². The first-order valence-electron chi connectivity index (χ1n) is 7.85. The van der Waals surface area contributed by atoms with E-state index >= 15 is 0 Å². The number of hydrogen-bond donors (Lipinski definition) is 2. The summed E-state index contributed by atoms with van der Waals surface area (Å²) in [5.74, 6) is -0.104. The minimum Gasteiger partial charge on any atom is -0.595 e. The number of allylic oxidation sites excluding steroid dienone is 1. The van der Waals surface area contributed by atoms with Gasteiger partial charge in [0.05, 0.1) is 0 Å². The van der Waals surface area contributed by atoms with Gasteiger partial charge in [-0.2, -0.15) is 5.23 Å². The quantitative estimate of drug-likeness (QED) is 0.325. The van der Waals surface area contributed by atoms with E-state index in [1.165, 1.54) is 6.07 Å². The summed E-state index contributed by atoms with van der Waals surface area (Å²) in [6.07, 6.45) is 1.73. The molecule has 124 valence electrons. The molecule has 3 aromatic carbocycles. The standard InChI is InChI=1S/C21H17NO3/c23-21(18-11-5-2-6-12-18)20(17-9-3-1-4-10-17)15-16-8-7-13-19(14-16)22(24)25/h1-15,22,24H/b20-15+. The van der Waals surface area contributed by atoms with E-state index in [1.54, 1.807) is 36.4 Å². The zero-order chi connectivity index (χ0) is 17.6. The average molecular weight is 331 g/mol. The second-order valence-electron chi connectivity index (χ2n) is 5.55. The van der Waals surface area contributed by atoms with Gasteiger partial charge in [0, 0.05) is 23.3 Å². The van der Waals surface area contributed by atoms with Crippen LogP contribution in [-0.4, -0.2) is 11.0 Å². The minimum absolute atomic E-state index is 0.104. The van der Waals surface area contributed by atoms with Gasteiger partial charge in [-0.05, 0) is 17.2 Å². The van der Waals surface area contributed by atoms with Gasteiger partial charge in [0.1, 0.15) is 0 Å². The molecule has 3 aromatic rings. The Morgan fingerprint density at radius 1 is 0.840 bits per heavy atom. The van der Waals surface area contributed by atoms with Crippen molar-refractivity contribution in [2.45, 2.75) is 0 Å². The van der Waals surface area contributed by atoms with Crippen LogP contribution in [0.4, 0.5) is 5.69 Å². The molecule has 0 fully saturated rings. The molecule has 0 heterocycles. The van der Waals surface area contributed by atoms with Gasteiger partial charge in [-0.25, -0.2) is 5.21 Å². The van der Waals surface area contributed by atoms with Crippen molar-refractivity contribution in [2.24, 2.45) is 0 Å². The number of Topliss-reactive ketones (excluding diaryl/α,β-unsaturated/α-hetero) is 1. The second kappa shape index (κ2) is 7.68. The molecule has 0 aliphatic heterocycles. The first-order valence-corrected chi connectivity index (χ1v) is 7.85. The Kier molecular flexibility index (Phi) is 5.16. The lowest BCUT2D eigenvalue weighted by atomic mass is 9.95. The van der Waals surface area contributed by atoms with Gasteiger partial charge in [0.25, 0.3) is 0 Å². The van der Waals surface area contributed by atoms with Crippen molar-refractivity contribution in [1.82, 2.24) is 0 Å².